The molecule has 1 aliphatic heterocycles. The molecule has 3 amide bonds. The Hall–Kier alpha value is -2.24. The van der Waals surface area contributed by atoms with Crippen LogP contribution in [0.5, 0.6) is 5.75 Å². The number of carbonyl (C=O) groups excluding carboxylic acids is 2. The van der Waals surface area contributed by atoms with E-state index in [1.807, 2.05) is 12.1 Å². The minimum absolute atomic E-state index is 0.0612. The summed E-state index contributed by atoms with van der Waals surface area (Å²) in [6, 6.07) is 6.55. The molecule has 1 aromatic carbocycles. The van der Waals surface area contributed by atoms with Gasteiger partial charge in [-0.1, -0.05) is 19.9 Å². The molecule has 0 aliphatic carbocycles. The quantitative estimate of drug-likeness (QED) is 0.841. The Morgan fingerprint density at radius 1 is 1.38 bits per heavy atom. The van der Waals surface area contributed by atoms with E-state index in [1.54, 1.807) is 24.1 Å². The molecule has 0 saturated carbocycles. The molecule has 0 spiro atoms. The number of urea groups is 1. The summed E-state index contributed by atoms with van der Waals surface area (Å²) >= 11 is 0. The Labute approximate surface area is 143 Å². The predicted molar refractivity (Wildman–Crippen MR) is 94.2 cm³/mol. The Balaban J connectivity index is 1.93. The van der Waals surface area contributed by atoms with Gasteiger partial charge in [-0.3, -0.25) is 4.79 Å². The number of anilines is 1. The zero-order chi connectivity index (χ0) is 17.5. The molecule has 1 heterocycles. The highest BCUT2D eigenvalue weighted by molar-refractivity contribution is 5.94. The Morgan fingerprint density at radius 3 is 2.88 bits per heavy atom. The lowest BCUT2D eigenvalue weighted by molar-refractivity contribution is -0.124. The van der Waals surface area contributed by atoms with E-state index in [0.717, 1.165) is 12.8 Å². The van der Waals surface area contributed by atoms with Crippen LogP contribution in [0.2, 0.25) is 0 Å². The van der Waals surface area contributed by atoms with Crippen LogP contribution in [0.3, 0.4) is 0 Å². The van der Waals surface area contributed by atoms with E-state index in [1.165, 1.54) is 0 Å². The first-order chi connectivity index (χ1) is 11.5. The average molecular weight is 333 g/mol. The number of hydrogen-bond donors (Lipinski definition) is 2. The molecule has 1 unspecified atom stereocenters. The molecule has 1 saturated heterocycles. The fourth-order valence-corrected chi connectivity index (χ4v) is 2.78. The first-order valence-electron chi connectivity index (χ1n) is 8.50. The molecular weight excluding hydrogens is 306 g/mol. The number of hydrogen-bond acceptors (Lipinski definition) is 3. The molecule has 0 aromatic heterocycles. The van der Waals surface area contributed by atoms with Crippen LogP contribution in [0.4, 0.5) is 10.5 Å². The van der Waals surface area contributed by atoms with E-state index >= 15 is 0 Å². The largest absolute Gasteiger partial charge is 0.497 e. The second-order valence-corrected chi connectivity index (χ2v) is 6.49. The van der Waals surface area contributed by atoms with Crippen LogP contribution in [0.15, 0.2) is 24.3 Å². The van der Waals surface area contributed by atoms with E-state index < -0.39 is 0 Å². The minimum Gasteiger partial charge on any atom is -0.497 e. The van der Waals surface area contributed by atoms with Crippen molar-refractivity contribution in [3.63, 3.8) is 0 Å². The zero-order valence-corrected chi connectivity index (χ0v) is 14.7. The van der Waals surface area contributed by atoms with E-state index in [2.05, 4.69) is 24.5 Å². The highest BCUT2D eigenvalue weighted by atomic mass is 16.5. The van der Waals surface area contributed by atoms with Gasteiger partial charge in [0.15, 0.2) is 0 Å². The van der Waals surface area contributed by atoms with Gasteiger partial charge in [0.2, 0.25) is 5.91 Å². The van der Waals surface area contributed by atoms with E-state index in [9.17, 15) is 9.59 Å². The summed E-state index contributed by atoms with van der Waals surface area (Å²) in [5.41, 5.74) is 0.658. The standard InChI is InChI=1S/C18H27N3O3/c1-13(2)9-10-19-17(22)16-8-5-11-21(16)18(23)20-14-6-4-7-15(12-14)24-3/h4,6-7,12-13,16H,5,8-11H2,1-3H3,(H,19,22)(H,20,23). The van der Waals surface area contributed by atoms with Gasteiger partial charge in [-0.15, -0.1) is 0 Å². The lowest BCUT2D eigenvalue weighted by Gasteiger charge is -2.24. The summed E-state index contributed by atoms with van der Waals surface area (Å²) in [4.78, 5) is 26.5. The lowest BCUT2D eigenvalue weighted by atomic mass is 10.1. The van der Waals surface area contributed by atoms with Gasteiger partial charge in [-0.05, 0) is 37.3 Å². The van der Waals surface area contributed by atoms with Gasteiger partial charge < -0.3 is 20.3 Å². The highest BCUT2D eigenvalue weighted by Crippen LogP contribution is 2.21. The van der Waals surface area contributed by atoms with Crippen molar-refractivity contribution in [2.45, 2.75) is 39.2 Å². The maximum absolute atomic E-state index is 12.5. The van der Waals surface area contributed by atoms with E-state index in [-0.39, 0.29) is 18.0 Å². The Bertz CT molecular complexity index is 574. The van der Waals surface area contributed by atoms with Crippen LogP contribution in [-0.4, -0.2) is 43.1 Å². The highest BCUT2D eigenvalue weighted by Gasteiger charge is 2.33. The number of benzene rings is 1. The number of ether oxygens (including phenoxy) is 1. The molecule has 1 aliphatic rings. The van der Waals surface area contributed by atoms with Gasteiger partial charge in [0, 0.05) is 24.8 Å². The number of rotatable bonds is 6. The molecule has 1 atom stereocenters. The average Bonchev–Trinajstić information content (AvgIpc) is 3.04. The summed E-state index contributed by atoms with van der Waals surface area (Å²) in [7, 11) is 1.58. The van der Waals surface area contributed by atoms with Gasteiger partial charge in [0.1, 0.15) is 11.8 Å². The van der Waals surface area contributed by atoms with Crippen molar-refractivity contribution in [2.24, 2.45) is 5.92 Å². The topological polar surface area (TPSA) is 70.7 Å². The summed E-state index contributed by atoms with van der Waals surface area (Å²) in [5, 5.41) is 5.79. The van der Waals surface area contributed by atoms with Crippen molar-refractivity contribution in [3.8, 4) is 5.75 Å². The fraction of sp³-hybridized carbons (Fsp3) is 0.556. The van der Waals surface area contributed by atoms with Crippen molar-refractivity contribution < 1.29 is 14.3 Å². The number of amides is 3. The van der Waals surface area contributed by atoms with Crippen molar-refractivity contribution in [2.75, 3.05) is 25.5 Å². The normalized spacial score (nSPS) is 17.0. The second-order valence-electron chi connectivity index (χ2n) is 6.49. The van der Waals surface area contributed by atoms with Crippen LogP contribution >= 0.6 is 0 Å². The Kier molecular flexibility index (Phi) is 6.46. The van der Waals surface area contributed by atoms with Crippen LogP contribution < -0.4 is 15.4 Å². The zero-order valence-electron chi connectivity index (χ0n) is 14.7. The third-order valence-corrected chi connectivity index (χ3v) is 4.16. The molecule has 2 rings (SSSR count). The number of nitrogens with zero attached hydrogens (tertiary/aromatic N) is 1. The summed E-state index contributed by atoms with van der Waals surface area (Å²) in [5.74, 6) is 1.16. The second kappa shape index (κ2) is 8.57. The fourth-order valence-electron chi connectivity index (χ4n) is 2.78. The summed E-state index contributed by atoms with van der Waals surface area (Å²) in [6.07, 6.45) is 2.49. The minimum atomic E-state index is -0.386. The third-order valence-electron chi connectivity index (χ3n) is 4.16. The van der Waals surface area contributed by atoms with Gasteiger partial charge in [0.25, 0.3) is 0 Å². The van der Waals surface area contributed by atoms with Gasteiger partial charge in [-0.25, -0.2) is 4.79 Å². The first kappa shape index (κ1) is 18.1. The Morgan fingerprint density at radius 2 is 2.17 bits per heavy atom. The molecule has 24 heavy (non-hydrogen) atoms. The lowest BCUT2D eigenvalue weighted by Crippen LogP contribution is -2.47. The summed E-state index contributed by atoms with van der Waals surface area (Å²) < 4.78 is 5.16. The molecule has 1 fully saturated rings. The van der Waals surface area contributed by atoms with Crippen molar-refractivity contribution in [3.05, 3.63) is 24.3 Å². The first-order valence-corrected chi connectivity index (χ1v) is 8.50. The van der Waals surface area contributed by atoms with Crippen molar-refractivity contribution >= 4 is 17.6 Å². The number of likely N-dealkylation sites (tertiary alicyclic amines) is 1. The number of carbonyl (C=O) groups is 2. The van der Waals surface area contributed by atoms with Crippen LogP contribution in [-0.2, 0) is 4.79 Å². The van der Waals surface area contributed by atoms with E-state index in [4.69, 9.17) is 4.74 Å². The SMILES string of the molecule is COc1cccc(NC(=O)N2CCCC2C(=O)NCCC(C)C)c1. The van der Waals surface area contributed by atoms with Gasteiger partial charge in [0.05, 0.1) is 7.11 Å². The third kappa shape index (κ3) is 4.88. The van der Waals surface area contributed by atoms with Crippen LogP contribution in [0.1, 0.15) is 33.1 Å². The maximum atomic E-state index is 12.5. The molecule has 6 heteroatoms. The molecule has 0 radical (unpaired) electrons. The van der Waals surface area contributed by atoms with E-state index in [0.29, 0.717) is 36.9 Å². The number of nitrogens with one attached hydrogen (secondary N) is 2. The molecule has 0 bridgehead atoms. The molecular formula is C18H27N3O3. The van der Waals surface area contributed by atoms with Crippen LogP contribution in [0, 0.1) is 5.92 Å². The maximum Gasteiger partial charge on any atom is 0.322 e. The predicted octanol–water partition coefficient (Wildman–Crippen LogP) is 2.85. The monoisotopic (exact) mass is 333 g/mol. The van der Waals surface area contributed by atoms with Crippen molar-refractivity contribution in [1.29, 1.82) is 0 Å². The molecule has 1 aromatic rings. The van der Waals surface area contributed by atoms with Crippen molar-refractivity contribution in [1.82, 2.24) is 10.2 Å². The molecule has 2 N–H and O–H groups in total. The summed E-state index contributed by atoms with van der Waals surface area (Å²) in [6.45, 7) is 5.49. The van der Waals surface area contributed by atoms with Gasteiger partial charge in [-0.2, -0.15) is 0 Å². The van der Waals surface area contributed by atoms with Gasteiger partial charge >= 0.3 is 6.03 Å². The molecule has 132 valence electrons. The smallest absolute Gasteiger partial charge is 0.322 e. The molecule has 6 nitrogen and oxygen atoms in total. The van der Waals surface area contributed by atoms with Crippen LogP contribution in [0.25, 0.3) is 0 Å². The number of methoxy groups -OCH3 is 1.